The highest BCUT2D eigenvalue weighted by Gasteiger charge is 2.32. The second-order valence-corrected chi connectivity index (χ2v) is 7.56. The van der Waals surface area contributed by atoms with Crippen LogP contribution < -0.4 is 5.73 Å². The lowest BCUT2D eigenvalue weighted by atomic mass is 10.2. The van der Waals surface area contributed by atoms with E-state index in [4.69, 9.17) is 15.7 Å². The third-order valence-electron chi connectivity index (χ3n) is 4.18. The van der Waals surface area contributed by atoms with Crippen LogP contribution >= 0.6 is 0 Å². The van der Waals surface area contributed by atoms with Crippen LogP contribution in [-0.2, 0) is 14.8 Å². The summed E-state index contributed by atoms with van der Waals surface area (Å²) in [5.74, 6) is 0.216. The molecule has 3 N–H and O–H groups in total. The molecule has 0 radical (unpaired) electrons. The first-order valence-electron chi connectivity index (χ1n) is 7.25. The van der Waals surface area contributed by atoms with Gasteiger partial charge in [0.15, 0.2) is 5.84 Å². The first-order valence-corrected chi connectivity index (χ1v) is 8.86. The molecule has 21 heavy (non-hydrogen) atoms. The first-order chi connectivity index (χ1) is 9.94. The molecule has 0 aromatic carbocycles. The topological polar surface area (TPSA) is 108 Å². The zero-order valence-electron chi connectivity index (χ0n) is 12.3. The van der Waals surface area contributed by atoms with Gasteiger partial charge in [0.1, 0.15) is 0 Å². The van der Waals surface area contributed by atoms with Crippen LogP contribution in [-0.4, -0.2) is 79.4 Å². The zero-order chi connectivity index (χ0) is 15.5. The Hall–Kier alpha value is -0.900. The van der Waals surface area contributed by atoms with Gasteiger partial charge in [-0.05, 0) is 19.8 Å². The molecule has 8 nitrogen and oxygen atoms in total. The van der Waals surface area contributed by atoms with Gasteiger partial charge in [-0.15, -0.1) is 0 Å². The summed E-state index contributed by atoms with van der Waals surface area (Å²) in [5.41, 5.74) is 5.59. The fourth-order valence-corrected chi connectivity index (χ4v) is 4.42. The Morgan fingerprint density at radius 2 is 2.10 bits per heavy atom. The van der Waals surface area contributed by atoms with Crippen LogP contribution in [0, 0.1) is 0 Å². The minimum Gasteiger partial charge on any atom is -0.409 e. The molecule has 2 rings (SSSR count). The Morgan fingerprint density at radius 1 is 1.43 bits per heavy atom. The second kappa shape index (κ2) is 6.91. The smallest absolute Gasteiger partial charge is 0.216 e. The second-order valence-electron chi connectivity index (χ2n) is 5.55. The summed E-state index contributed by atoms with van der Waals surface area (Å²) in [5, 5.41) is 11.7. The van der Waals surface area contributed by atoms with Crippen LogP contribution in [0.25, 0.3) is 0 Å². The maximum absolute atomic E-state index is 12.3. The summed E-state index contributed by atoms with van der Waals surface area (Å²) in [6.45, 7) is 4.50. The SMILES string of the molecule is CC(C(N)=NO)N1CCN(S(=O)(=O)CC2CCCO2)CC1. The summed E-state index contributed by atoms with van der Waals surface area (Å²) < 4.78 is 31.6. The highest BCUT2D eigenvalue weighted by Crippen LogP contribution is 2.17. The van der Waals surface area contributed by atoms with Crippen molar-refractivity contribution in [1.82, 2.24) is 9.21 Å². The van der Waals surface area contributed by atoms with Gasteiger partial charge >= 0.3 is 0 Å². The molecule has 0 bridgehead atoms. The number of oxime groups is 1. The number of hydrogen-bond acceptors (Lipinski definition) is 6. The van der Waals surface area contributed by atoms with Crippen molar-refractivity contribution in [2.24, 2.45) is 10.9 Å². The van der Waals surface area contributed by atoms with E-state index < -0.39 is 10.0 Å². The normalized spacial score (nSPS) is 27.9. The van der Waals surface area contributed by atoms with Gasteiger partial charge in [0, 0.05) is 32.8 Å². The van der Waals surface area contributed by atoms with Gasteiger partial charge < -0.3 is 15.7 Å². The van der Waals surface area contributed by atoms with E-state index >= 15 is 0 Å². The molecule has 122 valence electrons. The van der Waals surface area contributed by atoms with Gasteiger partial charge in [0.2, 0.25) is 10.0 Å². The molecule has 2 aliphatic rings. The molecule has 0 spiro atoms. The number of nitrogens with two attached hydrogens (primary N) is 1. The van der Waals surface area contributed by atoms with Crippen LogP contribution in [0.3, 0.4) is 0 Å². The molecule has 2 heterocycles. The number of nitrogens with zero attached hydrogens (tertiary/aromatic N) is 3. The zero-order valence-corrected chi connectivity index (χ0v) is 13.1. The summed E-state index contributed by atoms with van der Waals surface area (Å²) in [6, 6.07) is -0.196. The highest BCUT2D eigenvalue weighted by molar-refractivity contribution is 7.89. The standard InChI is InChI=1S/C12H24N4O4S/c1-10(12(13)14-17)15-4-6-16(7-5-15)21(18,19)9-11-3-2-8-20-11/h10-11,17H,2-9H2,1H3,(H2,13,14). The van der Waals surface area contributed by atoms with E-state index in [1.54, 1.807) is 0 Å². The van der Waals surface area contributed by atoms with Gasteiger partial charge in [0.25, 0.3) is 0 Å². The van der Waals surface area contributed by atoms with Crippen LogP contribution in [0.4, 0.5) is 0 Å². The van der Waals surface area contributed by atoms with Crippen LogP contribution in [0.1, 0.15) is 19.8 Å². The summed E-state index contributed by atoms with van der Waals surface area (Å²) in [4.78, 5) is 2.01. The van der Waals surface area contributed by atoms with Crippen LogP contribution in [0.2, 0.25) is 0 Å². The Balaban J connectivity index is 1.88. The van der Waals surface area contributed by atoms with Gasteiger partial charge in [-0.1, -0.05) is 5.16 Å². The third-order valence-corrected chi connectivity index (χ3v) is 6.12. The lowest BCUT2D eigenvalue weighted by Crippen LogP contribution is -2.55. The van der Waals surface area contributed by atoms with Crippen molar-refractivity contribution in [2.75, 3.05) is 38.5 Å². The maximum Gasteiger partial charge on any atom is 0.216 e. The third kappa shape index (κ3) is 4.06. The van der Waals surface area contributed by atoms with Crippen molar-refractivity contribution >= 4 is 15.9 Å². The van der Waals surface area contributed by atoms with E-state index in [2.05, 4.69) is 5.16 Å². The maximum atomic E-state index is 12.3. The number of amidine groups is 1. The Bertz CT molecular complexity index is 468. The fourth-order valence-electron chi connectivity index (χ4n) is 2.76. The van der Waals surface area contributed by atoms with E-state index in [0.29, 0.717) is 32.8 Å². The monoisotopic (exact) mass is 320 g/mol. The molecular weight excluding hydrogens is 296 g/mol. The molecule has 0 saturated carbocycles. The molecule has 9 heteroatoms. The minimum atomic E-state index is -3.27. The van der Waals surface area contributed by atoms with Crippen molar-refractivity contribution in [3.05, 3.63) is 0 Å². The molecule has 2 aliphatic heterocycles. The van der Waals surface area contributed by atoms with Crippen LogP contribution in [0.15, 0.2) is 5.16 Å². The lowest BCUT2D eigenvalue weighted by molar-refractivity contribution is 0.124. The molecule has 0 amide bonds. The van der Waals surface area contributed by atoms with E-state index in [1.165, 1.54) is 4.31 Å². The number of sulfonamides is 1. The lowest BCUT2D eigenvalue weighted by Gasteiger charge is -2.37. The molecule has 2 saturated heterocycles. The van der Waals surface area contributed by atoms with E-state index in [0.717, 1.165) is 12.8 Å². The molecule has 2 atom stereocenters. The molecule has 0 aromatic rings. The minimum absolute atomic E-state index is 0.0722. The Labute approximate surface area is 125 Å². The average Bonchev–Trinajstić information content (AvgIpc) is 2.98. The number of rotatable bonds is 5. The number of hydrogen-bond donors (Lipinski definition) is 2. The first kappa shape index (κ1) is 16.5. The Kier molecular flexibility index (Phi) is 5.42. The van der Waals surface area contributed by atoms with Crippen molar-refractivity contribution in [3.63, 3.8) is 0 Å². The van der Waals surface area contributed by atoms with Crippen molar-refractivity contribution < 1.29 is 18.4 Å². The molecule has 2 fully saturated rings. The van der Waals surface area contributed by atoms with Gasteiger partial charge in [0.05, 0.1) is 17.9 Å². The number of piperazine rings is 1. The molecule has 0 aliphatic carbocycles. The van der Waals surface area contributed by atoms with E-state index in [9.17, 15) is 8.42 Å². The largest absolute Gasteiger partial charge is 0.409 e. The fraction of sp³-hybridized carbons (Fsp3) is 0.917. The van der Waals surface area contributed by atoms with E-state index in [1.807, 2.05) is 11.8 Å². The molecule has 2 unspecified atom stereocenters. The predicted octanol–water partition coefficient (Wildman–Crippen LogP) is -0.752. The average molecular weight is 320 g/mol. The highest BCUT2D eigenvalue weighted by atomic mass is 32.2. The van der Waals surface area contributed by atoms with Crippen molar-refractivity contribution in [3.8, 4) is 0 Å². The summed E-state index contributed by atoms with van der Waals surface area (Å²) in [7, 11) is -3.27. The number of ether oxygens (including phenoxy) is 1. The van der Waals surface area contributed by atoms with Crippen molar-refractivity contribution in [1.29, 1.82) is 0 Å². The summed E-state index contributed by atoms with van der Waals surface area (Å²) in [6.07, 6.45) is 1.59. The Morgan fingerprint density at radius 3 is 2.62 bits per heavy atom. The molecular formula is C12H24N4O4S. The van der Waals surface area contributed by atoms with Gasteiger partial charge in [-0.25, -0.2) is 8.42 Å². The van der Waals surface area contributed by atoms with E-state index in [-0.39, 0.29) is 23.7 Å². The van der Waals surface area contributed by atoms with Gasteiger partial charge in [-0.3, -0.25) is 4.90 Å². The predicted molar refractivity (Wildman–Crippen MR) is 78.8 cm³/mol. The molecule has 0 aromatic heterocycles. The van der Waals surface area contributed by atoms with Crippen LogP contribution in [0.5, 0.6) is 0 Å². The van der Waals surface area contributed by atoms with Gasteiger partial charge in [-0.2, -0.15) is 4.31 Å². The quantitative estimate of drug-likeness (QED) is 0.298. The summed E-state index contributed by atoms with van der Waals surface area (Å²) >= 11 is 0. The van der Waals surface area contributed by atoms with Crippen molar-refractivity contribution in [2.45, 2.75) is 31.9 Å².